The summed E-state index contributed by atoms with van der Waals surface area (Å²) in [6.45, 7) is 0.687. The topological polar surface area (TPSA) is 57.6 Å². The number of aldehydes is 1. The number of carbonyl (C=O) groups is 2. The first-order chi connectivity index (χ1) is 8.13. The van der Waals surface area contributed by atoms with Gasteiger partial charge in [0.2, 0.25) is 0 Å². The Morgan fingerprint density at radius 3 is 2.47 bits per heavy atom. The van der Waals surface area contributed by atoms with E-state index in [9.17, 15) is 9.59 Å². The second-order valence-electron chi connectivity index (χ2n) is 3.60. The predicted molar refractivity (Wildman–Crippen MR) is 73.1 cm³/mol. The van der Waals surface area contributed by atoms with E-state index in [2.05, 4.69) is 22.6 Å². The number of amides is 1. The van der Waals surface area contributed by atoms with Crippen LogP contribution in [0.15, 0.2) is 24.3 Å². The van der Waals surface area contributed by atoms with Gasteiger partial charge in [-0.05, 0) is 46.7 Å². The van der Waals surface area contributed by atoms with Gasteiger partial charge in [-0.1, -0.05) is 12.1 Å². The number of hydrogen-bond donors (Lipinski definition) is 1. The third-order valence-corrected chi connectivity index (χ3v) is 3.09. The van der Waals surface area contributed by atoms with Crippen molar-refractivity contribution in [2.75, 3.05) is 13.1 Å². The van der Waals surface area contributed by atoms with Crippen LogP contribution in [0, 0.1) is 3.57 Å². The standard InChI is InChI=1S/C12H14INO3/c13-11-4-2-10(3-5-11)6-8-14(12(16)17)7-1-9-15/h2-5,9H,1,6-8H2,(H,16,17). The molecule has 0 aliphatic rings. The summed E-state index contributed by atoms with van der Waals surface area (Å²) in [6.07, 6.45) is 0.680. The van der Waals surface area contributed by atoms with Crippen molar-refractivity contribution in [3.63, 3.8) is 0 Å². The molecular formula is C12H14INO3. The van der Waals surface area contributed by atoms with Crippen LogP contribution in [0.25, 0.3) is 0 Å². The molecule has 0 aliphatic carbocycles. The van der Waals surface area contributed by atoms with Gasteiger partial charge in [-0.3, -0.25) is 0 Å². The number of carbonyl (C=O) groups excluding carboxylic acids is 1. The van der Waals surface area contributed by atoms with Gasteiger partial charge in [0.15, 0.2) is 0 Å². The van der Waals surface area contributed by atoms with Crippen LogP contribution in [0.4, 0.5) is 4.79 Å². The number of hydrogen-bond acceptors (Lipinski definition) is 2. The first-order valence-corrected chi connectivity index (χ1v) is 6.37. The lowest BCUT2D eigenvalue weighted by Gasteiger charge is -2.17. The van der Waals surface area contributed by atoms with Gasteiger partial charge in [0.25, 0.3) is 0 Å². The Morgan fingerprint density at radius 2 is 1.94 bits per heavy atom. The summed E-state index contributed by atoms with van der Waals surface area (Å²) >= 11 is 2.22. The minimum atomic E-state index is -0.975. The zero-order valence-corrected chi connectivity index (χ0v) is 11.5. The Labute approximate surface area is 114 Å². The van der Waals surface area contributed by atoms with Gasteiger partial charge < -0.3 is 14.8 Å². The van der Waals surface area contributed by atoms with Crippen LogP contribution in [0.1, 0.15) is 12.0 Å². The minimum Gasteiger partial charge on any atom is -0.465 e. The zero-order valence-electron chi connectivity index (χ0n) is 9.30. The summed E-state index contributed by atoms with van der Waals surface area (Å²) in [5, 5.41) is 8.93. The first-order valence-electron chi connectivity index (χ1n) is 5.29. The predicted octanol–water partition coefficient (Wildman–Crippen LogP) is 2.40. The Hall–Kier alpha value is -1.11. The van der Waals surface area contributed by atoms with Gasteiger partial charge in [0, 0.05) is 23.1 Å². The molecule has 0 aromatic heterocycles. The largest absolute Gasteiger partial charge is 0.465 e. The maximum absolute atomic E-state index is 10.9. The van der Waals surface area contributed by atoms with E-state index >= 15 is 0 Å². The van der Waals surface area contributed by atoms with Gasteiger partial charge >= 0.3 is 6.09 Å². The van der Waals surface area contributed by atoms with Gasteiger partial charge in [0.05, 0.1) is 0 Å². The molecule has 1 aromatic rings. The van der Waals surface area contributed by atoms with E-state index in [4.69, 9.17) is 5.11 Å². The average molecular weight is 347 g/mol. The summed E-state index contributed by atoms with van der Waals surface area (Å²) in [4.78, 5) is 22.4. The highest BCUT2D eigenvalue weighted by Gasteiger charge is 2.10. The van der Waals surface area contributed by atoms with Crippen LogP contribution in [-0.2, 0) is 11.2 Å². The summed E-state index contributed by atoms with van der Waals surface area (Å²) in [5.41, 5.74) is 1.10. The van der Waals surface area contributed by atoms with Gasteiger partial charge in [-0.25, -0.2) is 4.79 Å². The summed E-state index contributed by atoms with van der Waals surface area (Å²) in [6, 6.07) is 7.96. The molecular weight excluding hydrogens is 333 g/mol. The van der Waals surface area contributed by atoms with Crippen LogP contribution >= 0.6 is 22.6 Å². The highest BCUT2D eigenvalue weighted by molar-refractivity contribution is 14.1. The average Bonchev–Trinajstić information content (AvgIpc) is 2.31. The van der Waals surface area contributed by atoms with Crippen molar-refractivity contribution in [1.29, 1.82) is 0 Å². The Morgan fingerprint density at radius 1 is 1.29 bits per heavy atom. The molecule has 0 saturated carbocycles. The summed E-state index contributed by atoms with van der Waals surface area (Å²) in [5.74, 6) is 0. The second kappa shape index (κ2) is 7.26. The number of nitrogens with zero attached hydrogens (tertiary/aromatic N) is 1. The molecule has 1 amide bonds. The molecule has 17 heavy (non-hydrogen) atoms. The van der Waals surface area contributed by atoms with Crippen LogP contribution < -0.4 is 0 Å². The fourth-order valence-corrected chi connectivity index (χ4v) is 1.79. The number of benzene rings is 1. The van der Waals surface area contributed by atoms with Gasteiger partial charge in [-0.2, -0.15) is 0 Å². The molecule has 4 nitrogen and oxygen atoms in total. The molecule has 0 bridgehead atoms. The number of halogens is 1. The molecule has 92 valence electrons. The highest BCUT2D eigenvalue weighted by Crippen LogP contribution is 2.08. The van der Waals surface area contributed by atoms with Crippen molar-refractivity contribution in [2.24, 2.45) is 0 Å². The monoisotopic (exact) mass is 347 g/mol. The Kier molecular flexibility index (Phi) is 5.96. The smallest absolute Gasteiger partial charge is 0.407 e. The fourth-order valence-electron chi connectivity index (χ4n) is 1.43. The molecule has 1 aromatic carbocycles. The maximum Gasteiger partial charge on any atom is 0.407 e. The highest BCUT2D eigenvalue weighted by atomic mass is 127. The third kappa shape index (κ3) is 5.16. The zero-order chi connectivity index (χ0) is 12.7. The van der Waals surface area contributed by atoms with E-state index in [0.717, 1.165) is 15.4 Å². The van der Waals surface area contributed by atoms with Crippen LogP contribution in [0.3, 0.4) is 0 Å². The number of rotatable bonds is 6. The molecule has 0 saturated heterocycles. The normalized spacial score (nSPS) is 9.94. The van der Waals surface area contributed by atoms with Crippen molar-refractivity contribution in [3.05, 3.63) is 33.4 Å². The number of carboxylic acid groups (broad SMARTS) is 1. The Bertz CT molecular complexity index is 378. The molecule has 0 aliphatic heterocycles. The summed E-state index contributed by atoms with van der Waals surface area (Å²) < 4.78 is 1.15. The maximum atomic E-state index is 10.9. The summed E-state index contributed by atoms with van der Waals surface area (Å²) in [7, 11) is 0. The molecule has 0 radical (unpaired) electrons. The molecule has 1 N–H and O–H groups in total. The lowest BCUT2D eigenvalue weighted by atomic mass is 10.1. The van der Waals surface area contributed by atoms with Crippen molar-refractivity contribution >= 4 is 35.0 Å². The molecule has 5 heteroatoms. The Balaban J connectivity index is 2.48. The van der Waals surface area contributed by atoms with Crippen molar-refractivity contribution in [1.82, 2.24) is 4.90 Å². The van der Waals surface area contributed by atoms with E-state index in [1.807, 2.05) is 24.3 Å². The minimum absolute atomic E-state index is 0.249. The second-order valence-corrected chi connectivity index (χ2v) is 4.85. The lowest BCUT2D eigenvalue weighted by Crippen LogP contribution is -2.32. The quantitative estimate of drug-likeness (QED) is 0.635. The SMILES string of the molecule is O=CCCN(CCc1ccc(I)cc1)C(=O)O. The van der Waals surface area contributed by atoms with E-state index < -0.39 is 6.09 Å². The molecule has 0 atom stereocenters. The molecule has 0 fully saturated rings. The van der Waals surface area contributed by atoms with Crippen LogP contribution in [0.2, 0.25) is 0 Å². The lowest BCUT2D eigenvalue weighted by molar-refractivity contribution is -0.108. The fraction of sp³-hybridized carbons (Fsp3) is 0.333. The molecule has 0 unspecified atom stereocenters. The van der Waals surface area contributed by atoms with Crippen molar-refractivity contribution in [2.45, 2.75) is 12.8 Å². The van der Waals surface area contributed by atoms with Crippen molar-refractivity contribution in [3.8, 4) is 0 Å². The van der Waals surface area contributed by atoms with Gasteiger partial charge in [-0.15, -0.1) is 0 Å². The molecule has 0 heterocycles. The van der Waals surface area contributed by atoms with E-state index in [0.29, 0.717) is 13.0 Å². The molecule has 1 rings (SSSR count). The van der Waals surface area contributed by atoms with Crippen LogP contribution in [0.5, 0.6) is 0 Å². The van der Waals surface area contributed by atoms with E-state index in [1.165, 1.54) is 4.90 Å². The third-order valence-electron chi connectivity index (χ3n) is 2.37. The van der Waals surface area contributed by atoms with Crippen LogP contribution in [-0.4, -0.2) is 35.5 Å². The van der Waals surface area contributed by atoms with E-state index in [-0.39, 0.29) is 13.0 Å². The first kappa shape index (κ1) is 14.0. The molecule has 0 spiro atoms. The van der Waals surface area contributed by atoms with E-state index in [1.54, 1.807) is 0 Å². The van der Waals surface area contributed by atoms with Crippen molar-refractivity contribution < 1.29 is 14.7 Å². The van der Waals surface area contributed by atoms with Gasteiger partial charge in [0.1, 0.15) is 6.29 Å².